The van der Waals surface area contributed by atoms with E-state index in [1.54, 1.807) is 0 Å². The first-order valence-corrected chi connectivity index (χ1v) is 7.83. The number of aromatic nitrogens is 2. The van der Waals surface area contributed by atoms with E-state index in [0.717, 1.165) is 26.1 Å². The largest absolute Gasteiger partial charge is 0.369 e. The molecular weight excluding hydrogens is 442 g/mol. The SMILES string of the molecule is CCNc1ncnc(Nc2ccc(I)cc2Cl)c1Br. The molecule has 2 N–H and O–H groups in total. The Bertz CT molecular complexity index is 594. The van der Waals surface area contributed by atoms with Crippen LogP contribution in [0.3, 0.4) is 0 Å². The third-order valence-corrected chi connectivity index (χ3v) is 4.05. The van der Waals surface area contributed by atoms with Crippen molar-refractivity contribution in [2.75, 3.05) is 17.2 Å². The van der Waals surface area contributed by atoms with Crippen molar-refractivity contribution in [3.05, 3.63) is 37.6 Å². The van der Waals surface area contributed by atoms with Crippen LogP contribution in [0.4, 0.5) is 17.3 Å². The molecule has 0 aliphatic rings. The average molecular weight is 454 g/mol. The zero-order valence-electron chi connectivity index (χ0n) is 10.0. The molecule has 1 heterocycles. The molecule has 0 aliphatic heterocycles. The Labute approximate surface area is 138 Å². The van der Waals surface area contributed by atoms with E-state index in [4.69, 9.17) is 11.6 Å². The van der Waals surface area contributed by atoms with Crippen molar-refractivity contribution in [1.82, 2.24) is 9.97 Å². The number of hydrogen-bond donors (Lipinski definition) is 2. The molecule has 7 heteroatoms. The monoisotopic (exact) mass is 452 g/mol. The van der Waals surface area contributed by atoms with Gasteiger partial charge in [0.1, 0.15) is 22.4 Å². The maximum atomic E-state index is 6.19. The Morgan fingerprint density at radius 3 is 2.74 bits per heavy atom. The van der Waals surface area contributed by atoms with Gasteiger partial charge in [-0.2, -0.15) is 0 Å². The Balaban J connectivity index is 2.30. The Kier molecular flexibility index (Phi) is 5.23. The minimum atomic E-state index is 0.655. The number of rotatable bonds is 4. The van der Waals surface area contributed by atoms with E-state index in [0.29, 0.717) is 10.8 Å². The van der Waals surface area contributed by atoms with E-state index in [2.05, 4.69) is 59.1 Å². The van der Waals surface area contributed by atoms with Crippen molar-refractivity contribution < 1.29 is 0 Å². The molecule has 0 saturated carbocycles. The minimum absolute atomic E-state index is 0.655. The second-order valence-corrected chi connectivity index (χ2v) is 6.11. The van der Waals surface area contributed by atoms with Crippen LogP contribution < -0.4 is 10.6 Å². The van der Waals surface area contributed by atoms with Gasteiger partial charge in [0.2, 0.25) is 0 Å². The third-order valence-electron chi connectivity index (χ3n) is 2.32. The van der Waals surface area contributed by atoms with Crippen molar-refractivity contribution in [2.45, 2.75) is 6.92 Å². The number of halogens is 3. The predicted molar refractivity (Wildman–Crippen MR) is 91.3 cm³/mol. The maximum Gasteiger partial charge on any atom is 0.150 e. The van der Waals surface area contributed by atoms with Crippen LogP contribution in [-0.2, 0) is 0 Å². The molecule has 0 fully saturated rings. The van der Waals surface area contributed by atoms with Gasteiger partial charge in [-0.15, -0.1) is 0 Å². The number of hydrogen-bond acceptors (Lipinski definition) is 4. The first-order valence-electron chi connectivity index (χ1n) is 5.58. The third kappa shape index (κ3) is 3.70. The zero-order valence-corrected chi connectivity index (χ0v) is 14.5. The van der Waals surface area contributed by atoms with Crippen LogP contribution in [0.5, 0.6) is 0 Å². The molecule has 0 atom stereocenters. The van der Waals surface area contributed by atoms with Gasteiger partial charge in [-0.3, -0.25) is 0 Å². The number of nitrogens with zero attached hydrogens (tertiary/aromatic N) is 2. The minimum Gasteiger partial charge on any atom is -0.369 e. The van der Waals surface area contributed by atoms with Gasteiger partial charge in [-0.25, -0.2) is 9.97 Å². The Hall–Kier alpha value is -0.600. The molecule has 0 amide bonds. The molecule has 0 radical (unpaired) electrons. The summed E-state index contributed by atoms with van der Waals surface area (Å²) >= 11 is 11.9. The van der Waals surface area contributed by atoms with Crippen LogP contribution >= 0.6 is 50.1 Å². The molecule has 0 unspecified atom stereocenters. The van der Waals surface area contributed by atoms with Gasteiger partial charge in [0.05, 0.1) is 10.7 Å². The highest BCUT2D eigenvalue weighted by Crippen LogP contribution is 2.32. The maximum absolute atomic E-state index is 6.19. The predicted octanol–water partition coefficient (Wildman–Crippen LogP) is 4.67. The lowest BCUT2D eigenvalue weighted by molar-refractivity contribution is 1.10. The molecule has 1 aromatic heterocycles. The van der Waals surface area contributed by atoms with Crippen molar-refractivity contribution in [2.24, 2.45) is 0 Å². The van der Waals surface area contributed by atoms with Gasteiger partial charge in [0, 0.05) is 10.1 Å². The second kappa shape index (κ2) is 6.71. The fourth-order valence-electron chi connectivity index (χ4n) is 1.47. The molecule has 0 aliphatic carbocycles. The van der Waals surface area contributed by atoms with E-state index < -0.39 is 0 Å². The summed E-state index contributed by atoms with van der Waals surface area (Å²) in [6, 6.07) is 5.80. The number of anilines is 3. The standard InChI is InChI=1S/C12H11BrClIN4/c1-2-16-11-10(13)12(18-6-17-11)19-9-4-3-7(15)5-8(9)14/h3-6H,2H2,1H3,(H2,16,17,18,19). The number of nitrogens with one attached hydrogen (secondary N) is 2. The molecular formula is C12H11BrClIN4. The van der Waals surface area contributed by atoms with Crippen molar-refractivity contribution in [3.63, 3.8) is 0 Å². The normalized spacial score (nSPS) is 10.3. The van der Waals surface area contributed by atoms with Crippen LogP contribution in [0, 0.1) is 3.57 Å². The molecule has 1 aromatic carbocycles. The molecule has 4 nitrogen and oxygen atoms in total. The highest BCUT2D eigenvalue weighted by molar-refractivity contribution is 14.1. The molecule has 0 bridgehead atoms. The molecule has 2 rings (SSSR count). The van der Waals surface area contributed by atoms with Gasteiger partial charge < -0.3 is 10.6 Å². The van der Waals surface area contributed by atoms with E-state index in [1.807, 2.05) is 25.1 Å². The van der Waals surface area contributed by atoms with Crippen molar-refractivity contribution in [1.29, 1.82) is 0 Å². The molecule has 100 valence electrons. The van der Waals surface area contributed by atoms with Crippen molar-refractivity contribution in [3.8, 4) is 0 Å². The summed E-state index contributed by atoms with van der Waals surface area (Å²) < 4.78 is 1.87. The van der Waals surface area contributed by atoms with Crippen LogP contribution in [0.2, 0.25) is 5.02 Å². The van der Waals surface area contributed by atoms with Crippen LogP contribution in [0.15, 0.2) is 29.0 Å². The molecule has 0 spiro atoms. The summed E-state index contributed by atoms with van der Waals surface area (Å²) in [5.41, 5.74) is 0.809. The highest BCUT2D eigenvalue weighted by Gasteiger charge is 2.09. The van der Waals surface area contributed by atoms with E-state index in [9.17, 15) is 0 Å². The van der Waals surface area contributed by atoms with E-state index in [1.165, 1.54) is 6.33 Å². The molecule has 19 heavy (non-hydrogen) atoms. The zero-order chi connectivity index (χ0) is 13.8. The van der Waals surface area contributed by atoms with Crippen LogP contribution in [0.25, 0.3) is 0 Å². The lowest BCUT2D eigenvalue weighted by Gasteiger charge is -2.12. The summed E-state index contributed by atoms with van der Waals surface area (Å²) in [4.78, 5) is 8.37. The number of benzene rings is 1. The summed E-state index contributed by atoms with van der Waals surface area (Å²) in [5, 5.41) is 7.00. The second-order valence-electron chi connectivity index (χ2n) is 3.66. The van der Waals surface area contributed by atoms with Gasteiger partial charge in [-0.05, 0) is 63.6 Å². The van der Waals surface area contributed by atoms with Gasteiger partial charge in [-0.1, -0.05) is 11.6 Å². The summed E-state index contributed by atoms with van der Waals surface area (Å²) in [6.07, 6.45) is 1.51. The van der Waals surface area contributed by atoms with Gasteiger partial charge >= 0.3 is 0 Å². The molecule has 0 saturated heterocycles. The lowest BCUT2D eigenvalue weighted by Crippen LogP contribution is -2.04. The summed E-state index contributed by atoms with van der Waals surface area (Å²) in [6.45, 7) is 2.80. The first-order chi connectivity index (χ1) is 9.11. The van der Waals surface area contributed by atoms with Crippen LogP contribution in [-0.4, -0.2) is 16.5 Å². The topological polar surface area (TPSA) is 49.8 Å². The highest BCUT2D eigenvalue weighted by atomic mass is 127. The fourth-order valence-corrected chi connectivity index (χ4v) is 2.81. The average Bonchev–Trinajstić information content (AvgIpc) is 2.37. The summed E-state index contributed by atoms with van der Waals surface area (Å²) in [7, 11) is 0. The quantitative estimate of drug-likeness (QED) is 0.661. The van der Waals surface area contributed by atoms with Gasteiger partial charge in [0.25, 0.3) is 0 Å². The van der Waals surface area contributed by atoms with Crippen molar-refractivity contribution >= 4 is 67.4 Å². The lowest BCUT2D eigenvalue weighted by atomic mass is 10.3. The molecule has 2 aromatic rings. The fraction of sp³-hybridized carbons (Fsp3) is 0.167. The first kappa shape index (κ1) is 14.8. The summed E-state index contributed by atoms with van der Waals surface area (Å²) in [5.74, 6) is 1.43. The smallest absolute Gasteiger partial charge is 0.150 e. The van der Waals surface area contributed by atoms with E-state index >= 15 is 0 Å². The Morgan fingerprint density at radius 2 is 2.05 bits per heavy atom. The van der Waals surface area contributed by atoms with Gasteiger partial charge in [0.15, 0.2) is 0 Å². The van der Waals surface area contributed by atoms with Crippen LogP contribution in [0.1, 0.15) is 6.92 Å². The Morgan fingerprint density at radius 1 is 1.32 bits per heavy atom. The van der Waals surface area contributed by atoms with E-state index in [-0.39, 0.29) is 0 Å².